The molecule has 1 aromatic heterocycles. The van der Waals surface area contributed by atoms with E-state index < -0.39 is 0 Å². The van der Waals surface area contributed by atoms with Crippen LogP contribution in [0.2, 0.25) is 5.02 Å². The first-order chi connectivity index (χ1) is 13.0. The van der Waals surface area contributed by atoms with E-state index in [9.17, 15) is 4.79 Å². The van der Waals surface area contributed by atoms with Crippen LogP contribution in [0.4, 0.5) is 5.13 Å². The Morgan fingerprint density at radius 1 is 1.30 bits per heavy atom. The Bertz CT molecular complexity index is 970. The monoisotopic (exact) mass is 400 g/mol. The number of carbonyl (C=O) groups excluding carboxylic acids is 1. The van der Waals surface area contributed by atoms with E-state index in [0.717, 1.165) is 22.5 Å². The molecule has 0 spiro atoms. The maximum absolute atomic E-state index is 12.0. The molecule has 27 heavy (non-hydrogen) atoms. The summed E-state index contributed by atoms with van der Waals surface area (Å²) in [5.74, 6) is 0.379. The van der Waals surface area contributed by atoms with Crippen LogP contribution in [0.5, 0.6) is 5.75 Å². The Kier molecular flexibility index (Phi) is 6.05. The predicted octanol–water partition coefficient (Wildman–Crippen LogP) is 4.03. The molecule has 0 saturated heterocycles. The van der Waals surface area contributed by atoms with E-state index in [-0.39, 0.29) is 5.91 Å². The van der Waals surface area contributed by atoms with Crippen molar-refractivity contribution >= 4 is 40.2 Å². The average molecular weight is 401 g/mol. The minimum atomic E-state index is -0.336. The number of hydrogen-bond donors (Lipinski definition) is 2. The first-order valence-electron chi connectivity index (χ1n) is 8.05. The number of halogens is 1. The second kappa shape index (κ2) is 8.66. The minimum absolute atomic E-state index is 0.336. The summed E-state index contributed by atoms with van der Waals surface area (Å²) in [5.41, 5.74) is 10.4. The van der Waals surface area contributed by atoms with Crippen LogP contribution in [0.15, 0.2) is 53.6 Å². The van der Waals surface area contributed by atoms with Gasteiger partial charge in [-0.1, -0.05) is 41.1 Å². The van der Waals surface area contributed by atoms with Gasteiger partial charge in [0.25, 0.3) is 5.91 Å². The zero-order valence-corrected chi connectivity index (χ0v) is 16.1. The molecule has 138 valence electrons. The topological polar surface area (TPSA) is 89.6 Å². The molecule has 0 aliphatic heterocycles. The number of nitrogens with two attached hydrogens (primary N) is 1. The van der Waals surface area contributed by atoms with Crippen molar-refractivity contribution in [3.05, 3.63) is 75.3 Å². The SMILES string of the molecule is Cc1nc(N)sc1C(=O)NN=Cc1ccc(OCc2ccccc2Cl)cc1. The van der Waals surface area contributed by atoms with E-state index in [1.807, 2.05) is 48.5 Å². The van der Waals surface area contributed by atoms with E-state index in [4.69, 9.17) is 22.1 Å². The summed E-state index contributed by atoms with van der Waals surface area (Å²) < 4.78 is 5.73. The lowest BCUT2D eigenvalue weighted by atomic mass is 10.2. The number of nitrogens with zero attached hydrogens (tertiary/aromatic N) is 2. The highest BCUT2D eigenvalue weighted by Crippen LogP contribution is 2.20. The van der Waals surface area contributed by atoms with Crippen molar-refractivity contribution in [1.82, 2.24) is 10.4 Å². The number of ether oxygens (including phenoxy) is 1. The fourth-order valence-electron chi connectivity index (χ4n) is 2.27. The van der Waals surface area contributed by atoms with E-state index in [0.29, 0.717) is 33.1 Å². The van der Waals surface area contributed by atoms with Crippen molar-refractivity contribution in [2.75, 3.05) is 5.73 Å². The van der Waals surface area contributed by atoms with Gasteiger partial charge in [-0.3, -0.25) is 4.79 Å². The van der Waals surface area contributed by atoms with Gasteiger partial charge in [0.2, 0.25) is 0 Å². The summed E-state index contributed by atoms with van der Waals surface area (Å²) in [6.07, 6.45) is 1.55. The number of anilines is 1. The number of hydrazone groups is 1. The van der Waals surface area contributed by atoms with Crippen LogP contribution in [0.1, 0.15) is 26.5 Å². The number of aromatic nitrogens is 1. The summed E-state index contributed by atoms with van der Waals surface area (Å²) in [6.45, 7) is 2.12. The normalized spacial score (nSPS) is 10.9. The fourth-order valence-corrected chi connectivity index (χ4v) is 3.18. The van der Waals surface area contributed by atoms with Crippen LogP contribution < -0.4 is 15.9 Å². The predicted molar refractivity (Wildman–Crippen MR) is 109 cm³/mol. The fraction of sp³-hybridized carbons (Fsp3) is 0.105. The largest absolute Gasteiger partial charge is 0.489 e. The quantitative estimate of drug-likeness (QED) is 0.483. The second-order valence-corrected chi connectivity index (χ2v) is 7.05. The summed E-state index contributed by atoms with van der Waals surface area (Å²) in [5, 5.41) is 4.99. The number of nitrogens with one attached hydrogen (secondary N) is 1. The van der Waals surface area contributed by atoms with Crippen LogP contribution in [0.3, 0.4) is 0 Å². The zero-order valence-electron chi connectivity index (χ0n) is 14.5. The molecule has 6 nitrogen and oxygen atoms in total. The van der Waals surface area contributed by atoms with Crippen molar-refractivity contribution in [3.63, 3.8) is 0 Å². The highest BCUT2D eigenvalue weighted by Gasteiger charge is 2.13. The third-order valence-corrected chi connectivity index (χ3v) is 4.99. The maximum atomic E-state index is 12.0. The Morgan fingerprint density at radius 2 is 2.04 bits per heavy atom. The molecule has 0 bridgehead atoms. The molecule has 3 N–H and O–H groups in total. The molecular formula is C19H17ClN4O2S. The molecule has 0 saturated carbocycles. The Morgan fingerprint density at radius 3 is 2.70 bits per heavy atom. The van der Waals surface area contributed by atoms with E-state index >= 15 is 0 Å². The Hall–Kier alpha value is -2.90. The van der Waals surface area contributed by atoms with Crippen molar-refractivity contribution in [2.45, 2.75) is 13.5 Å². The molecule has 3 aromatic rings. The van der Waals surface area contributed by atoms with E-state index in [1.165, 1.54) is 0 Å². The van der Waals surface area contributed by atoms with Crippen molar-refractivity contribution < 1.29 is 9.53 Å². The van der Waals surface area contributed by atoms with Gasteiger partial charge in [-0.15, -0.1) is 0 Å². The third-order valence-electron chi connectivity index (χ3n) is 3.63. The summed E-state index contributed by atoms with van der Waals surface area (Å²) >= 11 is 7.24. The summed E-state index contributed by atoms with van der Waals surface area (Å²) in [4.78, 5) is 16.5. The molecular weight excluding hydrogens is 384 g/mol. The highest BCUT2D eigenvalue weighted by molar-refractivity contribution is 7.17. The Balaban J connectivity index is 1.54. The lowest BCUT2D eigenvalue weighted by molar-refractivity contribution is 0.0958. The van der Waals surface area contributed by atoms with Gasteiger partial charge >= 0.3 is 0 Å². The number of benzene rings is 2. The standard InChI is InChI=1S/C19H17ClN4O2S/c1-12-17(27-19(21)23-12)18(25)24-22-10-13-6-8-15(9-7-13)26-11-14-4-2-3-5-16(14)20/h2-10H,11H2,1H3,(H2,21,23)(H,24,25). The van der Waals surface area contributed by atoms with E-state index in [1.54, 1.807) is 13.1 Å². The van der Waals surface area contributed by atoms with Gasteiger partial charge in [-0.05, 0) is 42.8 Å². The molecule has 0 aliphatic carbocycles. The van der Waals surface area contributed by atoms with Crippen LogP contribution in [-0.2, 0) is 6.61 Å². The van der Waals surface area contributed by atoms with Gasteiger partial charge in [0, 0.05) is 10.6 Å². The average Bonchev–Trinajstić information content (AvgIpc) is 3.00. The number of aryl methyl sites for hydroxylation is 1. The highest BCUT2D eigenvalue weighted by atomic mass is 35.5. The van der Waals surface area contributed by atoms with Gasteiger partial charge < -0.3 is 10.5 Å². The third kappa shape index (κ3) is 5.06. The number of nitrogen functional groups attached to an aromatic ring is 1. The van der Waals surface area contributed by atoms with Crippen molar-refractivity contribution in [3.8, 4) is 5.75 Å². The molecule has 0 radical (unpaired) electrons. The number of carbonyl (C=O) groups is 1. The van der Waals surface area contributed by atoms with Crippen LogP contribution in [0, 0.1) is 6.92 Å². The van der Waals surface area contributed by atoms with Crippen molar-refractivity contribution in [1.29, 1.82) is 0 Å². The first kappa shape index (κ1) is 18.9. The van der Waals surface area contributed by atoms with Gasteiger partial charge in [0.15, 0.2) is 5.13 Å². The molecule has 1 amide bonds. The molecule has 0 unspecified atom stereocenters. The summed E-state index contributed by atoms with van der Waals surface area (Å²) in [7, 11) is 0. The van der Waals surface area contributed by atoms with Gasteiger partial charge in [0.05, 0.1) is 11.9 Å². The lowest BCUT2D eigenvalue weighted by Crippen LogP contribution is -2.17. The molecule has 1 heterocycles. The number of thiazole rings is 1. The van der Waals surface area contributed by atoms with Crippen LogP contribution >= 0.6 is 22.9 Å². The van der Waals surface area contributed by atoms with Gasteiger partial charge in [-0.2, -0.15) is 5.10 Å². The number of hydrogen-bond acceptors (Lipinski definition) is 6. The first-order valence-corrected chi connectivity index (χ1v) is 9.25. The molecule has 8 heteroatoms. The number of rotatable bonds is 6. The van der Waals surface area contributed by atoms with Crippen molar-refractivity contribution in [2.24, 2.45) is 5.10 Å². The van der Waals surface area contributed by atoms with Crippen LogP contribution in [0.25, 0.3) is 0 Å². The number of amides is 1. The van der Waals surface area contributed by atoms with Crippen LogP contribution in [-0.4, -0.2) is 17.1 Å². The second-order valence-electron chi connectivity index (χ2n) is 5.61. The minimum Gasteiger partial charge on any atom is -0.489 e. The lowest BCUT2D eigenvalue weighted by Gasteiger charge is -2.07. The molecule has 0 aliphatic rings. The molecule has 0 atom stereocenters. The Labute approximate surface area is 165 Å². The van der Waals surface area contributed by atoms with Gasteiger partial charge in [-0.25, -0.2) is 10.4 Å². The van der Waals surface area contributed by atoms with E-state index in [2.05, 4.69) is 15.5 Å². The molecule has 2 aromatic carbocycles. The smallest absolute Gasteiger partial charge is 0.283 e. The molecule has 3 rings (SSSR count). The molecule has 0 fully saturated rings. The van der Waals surface area contributed by atoms with Gasteiger partial charge in [0.1, 0.15) is 17.2 Å². The summed E-state index contributed by atoms with van der Waals surface area (Å²) in [6, 6.07) is 14.9. The maximum Gasteiger partial charge on any atom is 0.283 e. The zero-order chi connectivity index (χ0) is 19.2.